The Labute approximate surface area is 97.0 Å². The van der Waals surface area contributed by atoms with Gasteiger partial charge in [-0.15, -0.1) is 0 Å². The molecule has 0 saturated heterocycles. The molecule has 17 heavy (non-hydrogen) atoms. The van der Waals surface area contributed by atoms with E-state index in [1.165, 1.54) is 19.2 Å². The van der Waals surface area contributed by atoms with Gasteiger partial charge >= 0.3 is 6.18 Å². The average molecular weight is 250 g/mol. The minimum Gasteiger partial charge on any atom is -0.363 e. The number of nitrogens with two attached hydrogens (primary N) is 1. The van der Waals surface area contributed by atoms with E-state index in [0.29, 0.717) is 5.56 Å². The molecule has 96 valence electrons. The third-order valence-corrected chi connectivity index (χ3v) is 2.31. The van der Waals surface area contributed by atoms with Gasteiger partial charge in [0.15, 0.2) is 0 Å². The maximum atomic E-state index is 13.6. The van der Waals surface area contributed by atoms with Crippen LogP contribution in [0.3, 0.4) is 0 Å². The third kappa shape index (κ3) is 3.59. The van der Waals surface area contributed by atoms with E-state index in [2.05, 4.69) is 0 Å². The topological polar surface area (TPSA) is 29.3 Å². The molecule has 0 aliphatic carbocycles. The SMILES string of the molecule is C[C@@H](N)c1cccc(F)c1N(C)CC(F)(F)F. The van der Waals surface area contributed by atoms with Gasteiger partial charge in [-0.05, 0) is 18.6 Å². The van der Waals surface area contributed by atoms with Crippen LogP contribution in [0.1, 0.15) is 18.5 Å². The molecule has 2 N–H and O–H groups in total. The number of alkyl halides is 3. The van der Waals surface area contributed by atoms with E-state index in [-0.39, 0.29) is 5.69 Å². The molecule has 0 saturated carbocycles. The highest BCUT2D eigenvalue weighted by atomic mass is 19.4. The zero-order valence-electron chi connectivity index (χ0n) is 9.55. The lowest BCUT2D eigenvalue weighted by Gasteiger charge is -2.25. The molecule has 2 nitrogen and oxygen atoms in total. The number of hydrogen-bond donors (Lipinski definition) is 1. The van der Waals surface area contributed by atoms with Crippen LogP contribution in [0, 0.1) is 5.82 Å². The van der Waals surface area contributed by atoms with Crippen molar-refractivity contribution in [3.8, 4) is 0 Å². The fourth-order valence-corrected chi connectivity index (χ4v) is 1.65. The van der Waals surface area contributed by atoms with Gasteiger partial charge < -0.3 is 10.6 Å². The van der Waals surface area contributed by atoms with Crippen molar-refractivity contribution in [2.24, 2.45) is 5.73 Å². The largest absolute Gasteiger partial charge is 0.405 e. The van der Waals surface area contributed by atoms with Crippen molar-refractivity contribution in [3.05, 3.63) is 29.6 Å². The maximum Gasteiger partial charge on any atom is 0.405 e. The number of nitrogens with zero attached hydrogens (tertiary/aromatic N) is 1. The van der Waals surface area contributed by atoms with Gasteiger partial charge in [-0.2, -0.15) is 13.2 Å². The fraction of sp³-hybridized carbons (Fsp3) is 0.455. The van der Waals surface area contributed by atoms with Crippen LogP contribution in [0.2, 0.25) is 0 Å². The summed E-state index contributed by atoms with van der Waals surface area (Å²) in [4.78, 5) is 0.827. The Kier molecular flexibility index (Phi) is 3.98. The molecular weight excluding hydrogens is 236 g/mol. The van der Waals surface area contributed by atoms with E-state index < -0.39 is 24.6 Å². The summed E-state index contributed by atoms with van der Waals surface area (Å²) in [5, 5.41) is 0. The molecule has 0 aromatic heterocycles. The number of hydrogen-bond acceptors (Lipinski definition) is 2. The van der Waals surface area contributed by atoms with Gasteiger partial charge in [0.05, 0.1) is 5.69 Å². The molecule has 1 atom stereocenters. The molecule has 1 rings (SSSR count). The van der Waals surface area contributed by atoms with Crippen LogP contribution in [0.25, 0.3) is 0 Å². The summed E-state index contributed by atoms with van der Waals surface area (Å²) in [6, 6.07) is 3.54. The van der Waals surface area contributed by atoms with Gasteiger partial charge in [-0.25, -0.2) is 4.39 Å². The van der Waals surface area contributed by atoms with E-state index in [0.717, 1.165) is 11.0 Å². The minimum absolute atomic E-state index is 0.0974. The van der Waals surface area contributed by atoms with Gasteiger partial charge in [0.1, 0.15) is 12.4 Å². The zero-order chi connectivity index (χ0) is 13.2. The first-order valence-corrected chi connectivity index (χ1v) is 5.04. The van der Waals surface area contributed by atoms with Crippen molar-refractivity contribution in [2.45, 2.75) is 19.1 Å². The number of benzene rings is 1. The van der Waals surface area contributed by atoms with Gasteiger partial charge in [0.2, 0.25) is 0 Å². The predicted molar refractivity (Wildman–Crippen MR) is 58.3 cm³/mol. The molecule has 0 unspecified atom stereocenters. The highest BCUT2D eigenvalue weighted by molar-refractivity contribution is 5.55. The standard InChI is InChI=1S/C11H14F4N2/c1-7(16)8-4-3-5-9(12)10(8)17(2)6-11(13,14)15/h3-5,7H,6,16H2,1-2H3/t7-/m1/s1. The quantitative estimate of drug-likeness (QED) is 0.836. The normalized spacial score (nSPS) is 13.6. The second kappa shape index (κ2) is 4.91. The molecule has 0 heterocycles. The number of para-hydroxylation sites is 1. The molecular formula is C11H14F4N2. The molecule has 0 amide bonds. The number of rotatable bonds is 3. The van der Waals surface area contributed by atoms with Crippen molar-refractivity contribution >= 4 is 5.69 Å². The Bertz CT molecular complexity index is 388. The van der Waals surface area contributed by atoms with E-state index in [1.54, 1.807) is 6.92 Å². The summed E-state index contributed by atoms with van der Waals surface area (Å²) in [5.74, 6) is -0.702. The molecule has 0 bridgehead atoms. The van der Waals surface area contributed by atoms with E-state index in [9.17, 15) is 17.6 Å². The van der Waals surface area contributed by atoms with Crippen LogP contribution >= 0.6 is 0 Å². The highest BCUT2D eigenvalue weighted by Gasteiger charge is 2.31. The Balaban J connectivity index is 3.11. The second-order valence-electron chi connectivity index (χ2n) is 3.94. The van der Waals surface area contributed by atoms with Crippen LogP contribution < -0.4 is 10.6 Å². The summed E-state index contributed by atoms with van der Waals surface area (Å²) < 4.78 is 50.4. The zero-order valence-corrected chi connectivity index (χ0v) is 9.55. The molecule has 0 radical (unpaired) electrons. The van der Waals surface area contributed by atoms with Crippen LogP contribution in [-0.2, 0) is 0 Å². The number of halogens is 4. The minimum atomic E-state index is -4.38. The molecule has 0 aliphatic heterocycles. The van der Waals surface area contributed by atoms with Crippen molar-refractivity contribution in [1.82, 2.24) is 0 Å². The monoisotopic (exact) mass is 250 g/mol. The summed E-state index contributed by atoms with van der Waals surface area (Å²) >= 11 is 0. The number of anilines is 1. The van der Waals surface area contributed by atoms with E-state index in [1.807, 2.05) is 0 Å². The Morgan fingerprint density at radius 3 is 2.41 bits per heavy atom. The molecule has 1 aromatic rings. The Morgan fingerprint density at radius 1 is 1.35 bits per heavy atom. The van der Waals surface area contributed by atoms with Crippen LogP contribution in [-0.4, -0.2) is 19.8 Å². The van der Waals surface area contributed by atoms with Crippen molar-refractivity contribution in [1.29, 1.82) is 0 Å². The van der Waals surface area contributed by atoms with E-state index >= 15 is 0 Å². The molecule has 0 aliphatic rings. The third-order valence-electron chi connectivity index (χ3n) is 2.31. The van der Waals surface area contributed by atoms with Crippen LogP contribution in [0.5, 0.6) is 0 Å². The lowest BCUT2D eigenvalue weighted by Crippen LogP contribution is -2.32. The molecule has 0 fully saturated rings. The van der Waals surface area contributed by atoms with Crippen molar-refractivity contribution < 1.29 is 17.6 Å². The predicted octanol–water partition coefficient (Wildman–Crippen LogP) is 2.84. The first-order chi connectivity index (χ1) is 7.72. The average Bonchev–Trinajstić information content (AvgIpc) is 2.13. The van der Waals surface area contributed by atoms with Crippen LogP contribution in [0.15, 0.2) is 18.2 Å². The first-order valence-electron chi connectivity index (χ1n) is 5.04. The second-order valence-corrected chi connectivity index (χ2v) is 3.94. The Morgan fingerprint density at radius 2 is 1.94 bits per heavy atom. The smallest absolute Gasteiger partial charge is 0.363 e. The van der Waals surface area contributed by atoms with Gasteiger partial charge in [0.25, 0.3) is 0 Å². The summed E-state index contributed by atoms with van der Waals surface area (Å²) in [6.45, 7) is 0.382. The van der Waals surface area contributed by atoms with Crippen molar-refractivity contribution in [3.63, 3.8) is 0 Å². The lowest BCUT2D eigenvalue weighted by molar-refractivity contribution is -0.119. The van der Waals surface area contributed by atoms with Gasteiger partial charge in [0, 0.05) is 13.1 Å². The first kappa shape index (κ1) is 13.8. The van der Waals surface area contributed by atoms with Gasteiger partial charge in [-0.3, -0.25) is 0 Å². The summed E-state index contributed by atoms with van der Waals surface area (Å²) in [6.07, 6.45) is -4.38. The lowest BCUT2D eigenvalue weighted by atomic mass is 10.1. The van der Waals surface area contributed by atoms with E-state index in [4.69, 9.17) is 5.73 Å². The molecule has 6 heteroatoms. The molecule has 1 aromatic carbocycles. The Hall–Kier alpha value is -1.30. The maximum absolute atomic E-state index is 13.6. The van der Waals surface area contributed by atoms with Crippen molar-refractivity contribution in [2.75, 3.05) is 18.5 Å². The summed E-state index contributed by atoms with van der Waals surface area (Å²) in [5.41, 5.74) is 5.87. The highest BCUT2D eigenvalue weighted by Crippen LogP contribution is 2.29. The van der Waals surface area contributed by atoms with Crippen LogP contribution in [0.4, 0.5) is 23.2 Å². The molecule has 0 spiro atoms. The fourth-order valence-electron chi connectivity index (χ4n) is 1.65. The summed E-state index contributed by atoms with van der Waals surface area (Å²) in [7, 11) is 1.19. The van der Waals surface area contributed by atoms with Gasteiger partial charge in [-0.1, -0.05) is 12.1 Å².